The first kappa shape index (κ1) is 6.09. The highest BCUT2D eigenvalue weighted by Gasteiger charge is 1.98. The maximum absolute atomic E-state index is 4.02. The van der Waals surface area contributed by atoms with E-state index in [9.17, 15) is 0 Å². The molecule has 0 spiro atoms. The normalized spacial score (nSPS) is 10.3. The van der Waals surface area contributed by atoms with Gasteiger partial charge in [-0.2, -0.15) is 9.61 Å². The van der Waals surface area contributed by atoms with Gasteiger partial charge in [0.25, 0.3) is 0 Å². The maximum Gasteiger partial charge on any atom is 0.227 e. The third kappa shape index (κ3) is 0.813. The largest absolute Gasteiger partial charge is 0.357 e. The van der Waals surface area contributed by atoms with E-state index in [1.807, 2.05) is 6.07 Å². The van der Waals surface area contributed by atoms with Crippen molar-refractivity contribution in [3.8, 4) is 0 Å². The van der Waals surface area contributed by atoms with Crippen molar-refractivity contribution in [2.75, 3.05) is 12.4 Å². The fraction of sp³-hybridized carbons (Fsp3) is 0.167. The van der Waals surface area contributed by atoms with E-state index in [4.69, 9.17) is 0 Å². The Morgan fingerprint density at radius 1 is 1.45 bits per heavy atom. The predicted octanol–water partition coefficient (Wildman–Crippen LogP) is 0.166. The molecule has 0 aliphatic carbocycles. The molecule has 5 heteroatoms. The maximum atomic E-state index is 4.02. The Morgan fingerprint density at radius 3 is 3.18 bits per heavy atom. The number of fused-ring (bicyclic) bond motifs is 1. The Bertz CT molecular complexity index is 366. The zero-order chi connectivity index (χ0) is 7.68. The summed E-state index contributed by atoms with van der Waals surface area (Å²) >= 11 is 0. The molecule has 56 valence electrons. The number of nitrogens with zero attached hydrogens (tertiary/aromatic N) is 4. The summed E-state index contributed by atoms with van der Waals surface area (Å²) in [5, 5.41) is 6.92. The Hall–Kier alpha value is -1.65. The minimum atomic E-state index is 0.694. The van der Waals surface area contributed by atoms with Gasteiger partial charge in [-0.15, -0.1) is 0 Å². The molecule has 0 atom stereocenters. The fourth-order valence-corrected chi connectivity index (χ4v) is 0.925. The molecule has 0 aliphatic rings. The van der Waals surface area contributed by atoms with Gasteiger partial charge < -0.3 is 5.32 Å². The molecule has 2 rings (SSSR count). The van der Waals surface area contributed by atoms with E-state index >= 15 is 0 Å². The van der Waals surface area contributed by atoms with Gasteiger partial charge in [-0.3, -0.25) is 0 Å². The van der Waals surface area contributed by atoms with Gasteiger partial charge >= 0.3 is 0 Å². The number of aromatic nitrogens is 4. The van der Waals surface area contributed by atoms with Crippen LogP contribution in [0.15, 0.2) is 18.6 Å². The van der Waals surface area contributed by atoms with Crippen LogP contribution in [0.25, 0.3) is 5.65 Å². The summed E-state index contributed by atoms with van der Waals surface area (Å²) in [7, 11) is 1.80. The van der Waals surface area contributed by atoms with Crippen LogP contribution in [0.1, 0.15) is 0 Å². The Morgan fingerprint density at radius 2 is 2.36 bits per heavy atom. The molecular formula is C6H7N5. The van der Waals surface area contributed by atoms with Crippen LogP contribution in [0.4, 0.5) is 5.95 Å². The van der Waals surface area contributed by atoms with E-state index in [-0.39, 0.29) is 0 Å². The van der Waals surface area contributed by atoms with Crippen LogP contribution in [0.5, 0.6) is 0 Å². The molecule has 0 bridgehead atoms. The van der Waals surface area contributed by atoms with Crippen LogP contribution in [-0.2, 0) is 0 Å². The average molecular weight is 149 g/mol. The first-order valence-corrected chi connectivity index (χ1v) is 3.24. The second kappa shape index (κ2) is 2.19. The second-order valence-corrected chi connectivity index (χ2v) is 2.05. The number of hydrogen-bond donors (Lipinski definition) is 1. The van der Waals surface area contributed by atoms with Gasteiger partial charge in [0.15, 0.2) is 5.65 Å². The molecule has 11 heavy (non-hydrogen) atoms. The van der Waals surface area contributed by atoms with Crippen LogP contribution < -0.4 is 5.32 Å². The van der Waals surface area contributed by atoms with Crippen molar-refractivity contribution < 1.29 is 0 Å². The molecule has 0 saturated heterocycles. The van der Waals surface area contributed by atoms with E-state index in [0.29, 0.717) is 5.95 Å². The summed E-state index contributed by atoms with van der Waals surface area (Å²) in [5.41, 5.74) is 0.796. The molecular weight excluding hydrogens is 142 g/mol. The zero-order valence-electron chi connectivity index (χ0n) is 6.02. The molecule has 2 aromatic rings. The van der Waals surface area contributed by atoms with E-state index in [1.54, 1.807) is 17.8 Å². The molecule has 0 aliphatic heterocycles. The summed E-state index contributed by atoms with van der Waals surface area (Å²) in [6.07, 6.45) is 3.19. The predicted molar refractivity (Wildman–Crippen MR) is 40.3 cm³/mol. The van der Waals surface area contributed by atoms with Crippen molar-refractivity contribution in [3.63, 3.8) is 0 Å². The summed E-state index contributed by atoms with van der Waals surface area (Å²) in [6.45, 7) is 0. The summed E-state index contributed by atoms with van der Waals surface area (Å²) in [4.78, 5) is 7.98. The third-order valence-corrected chi connectivity index (χ3v) is 1.42. The van der Waals surface area contributed by atoms with Crippen molar-refractivity contribution in [2.45, 2.75) is 0 Å². The Kier molecular flexibility index (Phi) is 1.21. The molecule has 0 radical (unpaired) electrons. The van der Waals surface area contributed by atoms with Crippen molar-refractivity contribution in [1.82, 2.24) is 19.6 Å². The average Bonchev–Trinajstić information content (AvgIpc) is 2.50. The zero-order valence-corrected chi connectivity index (χ0v) is 6.02. The molecule has 0 aromatic carbocycles. The van der Waals surface area contributed by atoms with Crippen LogP contribution in [-0.4, -0.2) is 26.6 Å². The number of rotatable bonds is 1. The van der Waals surface area contributed by atoms with Crippen LogP contribution in [0, 0.1) is 0 Å². The highest BCUT2D eigenvalue weighted by Crippen LogP contribution is 2.02. The number of nitrogens with one attached hydrogen (secondary N) is 1. The van der Waals surface area contributed by atoms with Gasteiger partial charge in [0.1, 0.15) is 6.33 Å². The highest BCUT2D eigenvalue weighted by molar-refractivity contribution is 5.41. The van der Waals surface area contributed by atoms with Crippen LogP contribution in [0.3, 0.4) is 0 Å². The van der Waals surface area contributed by atoms with Crippen molar-refractivity contribution >= 4 is 11.6 Å². The van der Waals surface area contributed by atoms with Crippen molar-refractivity contribution in [3.05, 3.63) is 18.6 Å². The van der Waals surface area contributed by atoms with Crippen LogP contribution >= 0.6 is 0 Å². The van der Waals surface area contributed by atoms with Gasteiger partial charge in [0.2, 0.25) is 5.95 Å². The van der Waals surface area contributed by atoms with Crippen molar-refractivity contribution in [1.29, 1.82) is 0 Å². The molecule has 0 saturated carbocycles. The highest BCUT2D eigenvalue weighted by atomic mass is 15.3. The lowest BCUT2D eigenvalue weighted by Crippen LogP contribution is -2.02. The number of anilines is 1. The molecule has 0 unspecified atom stereocenters. The first-order valence-electron chi connectivity index (χ1n) is 3.24. The second-order valence-electron chi connectivity index (χ2n) is 2.05. The van der Waals surface area contributed by atoms with Gasteiger partial charge in [0, 0.05) is 13.1 Å². The lowest BCUT2D eigenvalue weighted by Gasteiger charge is -1.98. The summed E-state index contributed by atoms with van der Waals surface area (Å²) in [5.74, 6) is 0.694. The van der Waals surface area contributed by atoms with E-state index < -0.39 is 0 Å². The Labute approximate surface area is 63.1 Å². The van der Waals surface area contributed by atoms with Gasteiger partial charge in [-0.05, 0) is 0 Å². The summed E-state index contributed by atoms with van der Waals surface area (Å²) < 4.78 is 1.64. The molecule has 2 heterocycles. The molecule has 0 amide bonds. The SMILES string of the molecule is CNc1ncnc2ccnn12. The van der Waals surface area contributed by atoms with Gasteiger partial charge in [0.05, 0.1) is 6.20 Å². The lowest BCUT2D eigenvalue weighted by molar-refractivity contribution is 0.899. The molecule has 5 nitrogen and oxygen atoms in total. The van der Waals surface area contributed by atoms with E-state index in [2.05, 4.69) is 20.4 Å². The topological polar surface area (TPSA) is 55.1 Å². The fourth-order valence-electron chi connectivity index (χ4n) is 0.925. The van der Waals surface area contributed by atoms with E-state index in [0.717, 1.165) is 5.65 Å². The number of hydrogen-bond acceptors (Lipinski definition) is 4. The third-order valence-electron chi connectivity index (χ3n) is 1.42. The molecule has 1 N–H and O–H groups in total. The van der Waals surface area contributed by atoms with Gasteiger partial charge in [-0.1, -0.05) is 0 Å². The standard InChI is InChI=1S/C6H7N5/c1-7-6-9-4-8-5-2-3-10-11(5)6/h2-4H,1H3,(H,7,8,9). The van der Waals surface area contributed by atoms with Crippen molar-refractivity contribution in [2.24, 2.45) is 0 Å². The quantitative estimate of drug-likeness (QED) is 0.627. The monoisotopic (exact) mass is 149 g/mol. The lowest BCUT2D eigenvalue weighted by atomic mass is 10.7. The minimum absolute atomic E-state index is 0.694. The van der Waals surface area contributed by atoms with Crippen LogP contribution in [0.2, 0.25) is 0 Å². The molecule has 0 fully saturated rings. The first-order chi connectivity index (χ1) is 5.42. The Balaban J connectivity index is 2.79. The smallest absolute Gasteiger partial charge is 0.227 e. The molecule has 2 aromatic heterocycles. The van der Waals surface area contributed by atoms with E-state index in [1.165, 1.54) is 6.33 Å². The summed E-state index contributed by atoms with van der Waals surface area (Å²) in [6, 6.07) is 1.82. The van der Waals surface area contributed by atoms with Gasteiger partial charge in [-0.25, -0.2) is 9.97 Å². The minimum Gasteiger partial charge on any atom is -0.357 e.